The van der Waals surface area contributed by atoms with Gasteiger partial charge in [0.05, 0.1) is 17.2 Å². The highest BCUT2D eigenvalue weighted by atomic mass is 35.5. The molecule has 1 heterocycles. The van der Waals surface area contributed by atoms with Crippen LogP contribution in [0, 0.1) is 0 Å². The van der Waals surface area contributed by atoms with Crippen LogP contribution in [-0.4, -0.2) is 45.5 Å². The van der Waals surface area contributed by atoms with Gasteiger partial charge in [-0.1, -0.05) is 23.2 Å². The number of rotatable bonds is 3. The second-order valence-electron chi connectivity index (χ2n) is 4.64. The molecule has 1 fully saturated rings. The molecule has 1 atom stereocenters. The van der Waals surface area contributed by atoms with Crippen molar-refractivity contribution in [3.8, 4) is 5.75 Å². The molecule has 8 heteroatoms. The minimum Gasteiger partial charge on any atom is -0.495 e. The molecule has 1 N–H and O–H groups in total. The molecule has 0 aliphatic carbocycles. The van der Waals surface area contributed by atoms with Crippen molar-refractivity contribution in [2.75, 3.05) is 26.7 Å². The number of nitrogens with zero attached hydrogens (tertiary/aromatic N) is 1. The van der Waals surface area contributed by atoms with Gasteiger partial charge in [0.2, 0.25) is 10.0 Å². The summed E-state index contributed by atoms with van der Waals surface area (Å²) in [5.41, 5.74) is 0. The zero-order valence-corrected chi connectivity index (χ0v) is 13.5. The summed E-state index contributed by atoms with van der Waals surface area (Å²) in [6.45, 7) is 3.36. The van der Waals surface area contributed by atoms with Crippen LogP contribution in [-0.2, 0) is 10.0 Å². The van der Waals surface area contributed by atoms with E-state index in [4.69, 9.17) is 27.9 Å². The third-order valence-electron chi connectivity index (χ3n) is 3.16. The average Bonchev–Trinajstić information content (AvgIpc) is 2.40. The van der Waals surface area contributed by atoms with E-state index in [1.807, 2.05) is 6.92 Å². The number of halogens is 2. The van der Waals surface area contributed by atoms with E-state index in [9.17, 15) is 8.42 Å². The lowest BCUT2D eigenvalue weighted by molar-refractivity contribution is 0.310. The maximum Gasteiger partial charge on any atom is 0.244 e. The van der Waals surface area contributed by atoms with Gasteiger partial charge in [-0.25, -0.2) is 8.42 Å². The predicted molar refractivity (Wildman–Crippen MR) is 79.2 cm³/mol. The molecule has 1 unspecified atom stereocenters. The highest BCUT2D eigenvalue weighted by Gasteiger charge is 2.30. The summed E-state index contributed by atoms with van der Waals surface area (Å²) in [4.78, 5) is 0.0130. The van der Waals surface area contributed by atoms with Crippen molar-refractivity contribution in [3.05, 3.63) is 22.2 Å². The van der Waals surface area contributed by atoms with Crippen LogP contribution < -0.4 is 10.1 Å². The number of hydrogen-bond donors (Lipinski definition) is 1. The molecular weight excluding hydrogens is 323 g/mol. The normalized spacial score (nSPS) is 20.9. The van der Waals surface area contributed by atoms with Crippen molar-refractivity contribution in [1.29, 1.82) is 0 Å². The van der Waals surface area contributed by atoms with Crippen molar-refractivity contribution in [3.63, 3.8) is 0 Å². The minimum atomic E-state index is -3.65. The van der Waals surface area contributed by atoms with Gasteiger partial charge < -0.3 is 10.1 Å². The Morgan fingerprint density at radius 3 is 2.65 bits per heavy atom. The van der Waals surface area contributed by atoms with Crippen LogP contribution in [0.15, 0.2) is 17.0 Å². The molecule has 1 aliphatic rings. The van der Waals surface area contributed by atoms with Gasteiger partial charge in [0.25, 0.3) is 0 Å². The van der Waals surface area contributed by atoms with Crippen LogP contribution in [0.3, 0.4) is 0 Å². The van der Waals surface area contributed by atoms with E-state index < -0.39 is 10.0 Å². The summed E-state index contributed by atoms with van der Waals surface area (Å²) < 4.78 is 31.7. The number of benzene rings is 1. The standard InChI is InChI=1S/C12H16Cl2N2O3S/c1-8-7-16(4-3-15-8)20(17,18)12-6-9(13)11(19-2)5-10(12)14/h5-6,8,15H,3-4,7H2,1-2H3. The largest absolute Gasteiger partial charge is 0.495 e. The van der Waals surface area contributed by atoms with Crippen LogP contribution in [0.4, 0.5) is 0 Å². The Balaban J connectivity index is 2.41. The number of sulfonamides is 1. The van der Waals surface area contributed by atoms with E-state index in [-0.39, 0.29) is 21.0 Å². The number of hydrogen-bond acceptors (Lipinski definition) is 4. The van der Waals surface area contributed by atoms with E-state index in [0.29, 0.717) is 25.4 Å². The molecule has 0 saturated carbocycles. The van der Waals surface area contributed by atoms with Gasteiger partial charge in [-0.2, -0.15) is 4.31 Å². The van der Waals surface area contributed by atoms with Gasteiger partial charge >= 0.3 is 0 Å². The van der Waals surface area contributed by atoms with Gasteiger partial charge in [-0.3, -0.25) is 0 Å². The Morgan fingerprint density at radius 2 is 2.05 bits per heavy atom. The SMILES string of the molecule is COc1cc(Cl)c(S(=O)(=O)N2CCNC(C)C2)cc1Cl. The first-order valence-electron chi connectivity index (χ1n) is 6.13. The Morgan fingerprint density at radius 1 is 1.35 bits per heavy atom. The van der Waals surface area contributed by atoms with E-state index in [1.165, 1.54) is 23.5 Å². The average molecular weight is 339 g/mol. The van der Waals surface area contributed by atoms with Crippen LogP contribution in [0.5, 0.6) is 5.75 Å². The number of piperazine rings is 1. The molecule has 1 aromatic carbocycles. The second kappa shape index (κ2) is 6.07. The Kier molecular flexibility index (Phi) is 4.81. The molecule has 2 rings (SSSR count). The Labute approximate surface area is 128 Å². The third-order valence-corrected chi connectivity index (χ3v) is 5.78. The summed E-state index contributed by atoms with van der Waals surface area (Å²) in [5, 5.41) is 3.52. The fourth-order valence-corrected chi connectivity index (χ4v) is 4.47. The van der Waals surface area contributed by atoms with Crippen molar-refractivity contribution in [1.82, 2.24) is 9.62 Å². The van der Waals surface area contributed by atoms with Gasteiger partial charge in [0.1, 0.15) is 10.6 Å². The highest BCUT2D eigenvalue weighted by molar-refractivity contribution is 7.89. The molecular formula is C12H16Cl2N2O3S. The third kappa shape index (κ3) is 3.04. The molecule has 0 spiro atoms. The van der Waals surface area contributed by atoms with E-state index in [2.05, 4.69) is 5.32 Å². The molecule has 1 aromatic rings. The highest BCUT2D eigenvalue weighted by Crippen LogP contribution is 2.34. The molecule has 0 amide bonds. The molecule has 112 valence electrons. The van der Waals surface area contributed by atoms with E-state index >= 15 is 0 Å². The Bertz CT molecular complexity index is 607. The minimum absolute atomic E-state index is 0.0130. The van der Waals surface area contributed by atoms with Crippen molar-refractivity contribution < 1.29 is 13.2 Å². The lowest BCUT2D eigenvalue weighted by Gasteiger charge is -2.31. The fraction of sp³-hybridized carbons (Fsp3) is 0.500. The van der Waals surface area contributed by atoms with Crippen molar-refractivity contribution in [2.45, 2.75) is 17.9 Å². The van der Waals surface area contributed by atoms with Crippen molar-refractivity contribution >= 4 is 33.2 Å². The maximum absolute atomic E-state index is 12.6. The second-order valence-corrected chi connectivity index (χ2v) is 7.36. The topological polar surface area (TPSA) is 58.6 Å². The molecule has 1 saturated heterocycles. The molecule has 1 aliphatic heterocycles. The van der Waals surface area contributed by atoms with Gasteiger partial charge in [0.15, 0.2) is 0 Å². The molecule has 20 heavy (non-hydrogen) atoms. The first-order chi connectivity index (χ1) is 9.36. The molecule has 0 bridgehead atoms. The van der Waals surface area contributed by atoms with Gasteiger partial charge in [0, 0.05) is 31.7 Å². The summed E-state index contributed by atoms with van der Waals surface area (Å²) in [5.74, 6) is 0.351. The van der Waals surface area contributed by atoms with Crippen LogP contribution in [0.1, 0.15) is 6.92 Å². The van der Waals surface area contributed by atoms with E-state index in [1.54, 1.807) is 0 Å². The number of methoxy groups -OCH3 is 1. The first kappa shape index (κ1) is 15.9. The monoisotopic (exact) mass is 338 g/mol. The Hall–Kier alpha value is -0.530. The fourth-order valence-electron chi connectivity index (χ4n) is 2.12. The summed E-state index contributed by atoms with van der Waals surface area (Å²) in [6.07, 6.45) is 0. The van der Waals surface area contributed by atoms with Gasteiger partial charge in [-0.05, 0) is 13.0 Å². The maximum atomic E-state index is 12.6. The van der Waals surface area contributed by atoms with Crippen LogP contribution in [0.2, 0.25) is 10.0 Å². The quantitative estimate of drug-likeness (QED) is 0.915. The lowest BCUT2D eigenvalue weighted by Crippen LogP contribution is -2.51. The predicted octanol–water partition coefficient (Wildman–Crippen LogP) is 1.98. The summed E-state index contributed by atoms with van der Waals surface area (Å²) in [6, 6.07) is 2.86. The summed E-state index contributed by atoms with van der Waals surface area (Å²) in [7, 11) is -2.20. The van der Waals surface area contributed by atoms with Crippen LogP contribution in [0.25, 0.3) is 0 Å². The number of nitrogens with one attached hydrogen (secondary N) is 1. The molecule has 0 radical (unpaired) electrons. The van der Waals surface area contributed by atoms with E-state index in [0.717, 1.165) is 0 Å². The summed E-state index contributed by atoms with van der Waals surface area (Å²) >= 11 is 12.1. The molecule has 0 aromatic heterocycles. The van der Waals surface area contributed by atoms with Crippen LogP contribution >= 0.6 is 23.2 Å². The zero-order valence-electron chi connectivity index (χ0n) is 11.2. The first-order valence-corrected chi connectivity index (χ1v) is 8.32. The molecule has 5 nitrogen and oxygen atoms in total. The van der Waals surface area contributed by atoms with Gasteiger partial charge in [-0.15, -0.1) is 0 Å². The van der Waals surface area contributed by atoms with Crippen molar-refractivity contribution in [2.24, 2.45) is 0 Å². The number of ether oxygens (including phenoxy) is 1. The smallest absolute Gasteiger partial charge is 0.244 e. The zero-order chi connectivity index (χ0) is 14.9. The lowest BCUT2D eigenvalue weighted by atomic mass is 10.3.